The Bertz CT molecular complexity index is 30.8. The average molecular weight is 88.9 g/mol. The molecule has 0 heterocycles. The summed E-state index contributed by atoms with van der Waals surface area (Å²) in [4.78, 5) is 0. The number of hydrogen-bond acceptors (Lipinski definition) is 1. The molecule has 0 aliphatic heterocycles. The van der Waals surface area contributed by atoms with Gasteiger partial charge in [-0.1, -0.05) is 0 Å². The Balaban J connectivity index is 2.40. The Morgan fingerprint density at radius 2 is 2.60 bits per heavy atom. The molecule has 0 aliphatic rings. The van der Waals surface area contributed by atoms with E-state index in [0.717, 1.165) is 11.8 Å². The van der Waals surface area contributed by atoms with E-state index < -0.39 is 6.01 Å². The second kappa shape index (κ2) is 4.21. The van der Waals surface area contributed by atoms with Crippen molar-refractivity contribution in [2.45, 2.75) is 0 Å². The summed E-state index contributed by atoms with van der Waals surface area (Å²) in [6.45, 7) is 0. The van der Waals surface area contributed by atoms with Gasteiger partial charge in [0.05, 0.1) is 0 Å². The summed E-state index contributed by atoms with van der Waals surface area (Å²) in [7, 11) is 4.74. The van der Waals surface area contributed by atoms with Gasteiger partial charge in [0.2, 0.25) is 0 Å². The Labute approximate surface area is 35.8 Å². The van der Waals surface area contributed by atoms with E-state index >= 15 is 0 Å². The van der Waals surface area contributed by atoms with E-state index in [1.807, 2.05) is 0 Å². The van der Waals surface area contributed by atoms with Gasteiger partial charge in [-0.3, -0.25) is 0 Å². The van der Waals surface area contributed by atoms with Crippen LogP contribution in [0.5, 0.6) is 0 Å². The molecule has 5 heavy (non-hydrogen) atoms. The molecule has 0 fully saturated rings. The van der Waals surface area contributed by atoms with Crippen LogP contribution < -0.4 is 0 Å². The molecule has 0 aromatic heterocycles. The van der Waals surface area contributed by atoms with Crippen LogP contribution in [0, 0.1) is 0 Å². The standard InChI is InChI=1S/C2H3BFS/c3-1-5-2-4/h1H,2H2. The Hall–Kier alpha value is 0.215. The van der Waals surface area contributed by atoms with Crippen molar-refractivity contribution < 1.29 is 4.39 Å². The summed E-state index contributed by atoms with van der Waals surface area (Å²) in [6, 6.07) is -0.420. The monoisotopic (exact) mass is 89.0 g/mol. The van der Waals surface area contributed by atoms with Gasteiger partial charge in [0, 0.05) is 0 Å². The summed E-state index contributed by atoms with van der Waals surface area (Å²) in [6.07, 6.45) is 0. The second-order valence-electron chi connectivity index (χ2n) is 0.412. The van der Waals surface area contributed by atoms with Gasteiger partial charge in [0.25, 0.3) is 0 Å². The molecule has 0 N–H and O–H groups in total. The third-order valence-corrected chi connectivity index (χ3v) is 0.478. The molecule has 0 saturated heterocycles. The SMILES string of the molecule is [B]=CSCF. The maximum absolute atomic E-state index is 10.8. The molecule has 0 aromatic rings. The van der Waals surface area contributed by atoms with E-state index in [2.05, 4.69) is 0 Å². The second-order valence-corrected chi connectivity index (χ2v) is 1.24. The van der Waals surface area contributed by atoms with Crippen LogP contribution in [0.15, 0.2) is 0 Å². The van der Waals surface area contributed by atoms with Crippen molar-refractivity contribution in [3.8, 4) is 0 Å². The van der Waals surface area contributed by atoms with Crippen molar-refractivity contribution in [1.82, 2.24) is 0 Å². The molecule has 1 radical (unpaired) electrons. The molecule has 0 bridgehead atoms. The van der Waals surface area contributed by atoms with Gasteiger partial charge in [-0.05, 0) is 0 Å². The van der Waals surface area contributed by atoms with E-state index in [4.69, 9.17) is 7.49 Å². The van der Waals surface area contributed by atoms with Crippen molar-refractivity contribution in [2.24, 2.45) is 0 Å². The fourth-order valence-corrected chi connectivity index (χ4v) is 0.109. The first-order valence-corrected chi connectivity index (χ1v) is 2.17. The maximum atomic E-state index is 10.8. The molecule has 0 spiro atoms. The van der Waals surface area contributed by atoms with Crippen molar-refractivity contribution in [2.75, 3.05) is 6.01 Å². The summed E-state index contributed by atoms with van der Waals surface area (Å²) < 4.78 is 10.8. The zero-order valence-electron chi connectivity index (χ0n) is 2.65. The first-order valence-electron chi connectivity index (χ1n) is 1.12. The number of hydrogen-bond donors (Lipinski definition) is 0. The quantitative estimate of drug-likeness (QED) is 0.445. The number of alkyl halides is 1. The Morgan fingerprint density at radius 3 is 2.60 bits per heavy atom. The van der Waals surface area contributed by atoms with Crippen LogP contribution in [0.1, 0.15) is 0 Å². The third-order valence-electron chi connectivity index (χ3n) is 0.159. The molecule has 0 nitrogen and oxygen atoms in total. The molecule has 0 rings (SSSR count). The van der Waals surface area contributed by atoms with Crippen LogP contribution >= 0.6 is 11.8 Å². The van der Waals surface area contributed by atoms with E-state index in [9.17, 15) is 4.39 Å². The van der Waals surface area contributed by atoms with Crippen LogP contribution in [0.3, 0.4) is 0 Å². The minimum absolute atomic E-state index is 0.420. The summed E-state index contributed by atoms with van der Waals surface area (Å²) in [5.74, 6) is 0. The van der Waals surface area contributed by atoms with Gasteiger partial charge in [-0.15, -0.1) is 0 Å². The van der Waals surface area contributed by atoms with Crippen LogP contribution in [0.2, 0.25) is 0 Å². The fourth-order valence-electron chi connectivity index (χ4n) is 0.0364. The Morgan fingerprint density at radius 1 is 2.00 bits per heavy atom. The predicted molar refractivity (Wildman–Crippen MR) is 25.4 cm³/mol. The molecule has 0 aromatic carbocycles. The Kier molecular flexibility index (Phi) is 4.40. The first-order chi connectivity index (χ1) is 2.41. The molecule has 0 unspecified atom stereocenters. The molecule has 27 valence electrons. The van der Waals surface area contributed by atoms with E-state index in [1.165, 1.54) is 5.30 Å². The normalized spacial score (nSPS) is 7.20. The van der Waals surface area contributed by atoms with Crippen LogP contribution in [0.25, 0.3) is 0 Å². The minimum atomic E-state index is -0.420. The zero-order valence-corrected chi connectivity index (χ0v) is 3.46. The predicted octanol–water partition coefficient (Wildman–Crippen LogP) is 0.575. The van der Waals surface area contributed by atoms with Crippen molar-refractivity contribution >= 4 is 24.5 Å². The topological polar surface area (TPSA) is 0 Å². The molecule has 0 amide bonds. The van der Waals surface area contributed by atoms with Gasteiger partial charge in [0.15, 0.2) is 0 Å². The number of halogens is 1. The van der Waals surface area contributed by atoms with Crippen molar-refractivity contribution in [1.29, 1.82) is 0 Å². The third kappa shape index (κ3) is 4.21. The zero-order chi connectivity index (χ0) is 4.12. The summed E-state index contributed by atoms with van der Waals surface area (Å²) in [5.41, 5.74) is 0. The van der Waals surface area contributed by atoms with Gasteiger partial charge in [-0.2, -0.15) is 0 Å². The van der Waals surface area contributed by atoms with Crippen LogP contribution in [-0.4, -0.2) is 18.8 Å². The molecular formula is C2H3BFS. The van der Waals surface area contributed by atoms with Crippen molar-refractivity contribution in [3.63, 3.8) is 0 Å². The fraction of sp³-hybridized carbons (Fsp3) is 0.500. The molecule has 0 atom stereocenters. The van der Waals surface area contributed by atoms with E-state index in [0.29, 0.717) is 0 Å². The number of thioether (sulfide) groups is 1. The van der Waals surface area contributed by atoms with Crippen molar-refractivity contribution in [3.05, 3.63) is 0 Å². The molecule has 3 heteroatoms. The number of rotatable bonds is 2. The van der Waals surface area contributed by atoms with Crippen LogP contribution in [-0.2, 0) is 0 Å². The van der Waals surface area contributed by atoms with Gasteiger partial charge in [-0.25, -0.2) is 0 Å². The molecular weight excluding hydrogens is 85.9 g/mol. The first kappa shape index (κ1) is 5.21. The molecule has 0 saturated carbocycles. The van der Waals surface area contributed by atoms with Gasteiger partial charge >= 0.3 is 34.9 Å². The van der Waals surface area contributed by atoms with Gasteiger partial charge < -0.3 is 0 Å². The van der Waals surface area contributed by atoms with Crippen LogP contribution in [0.4, 0.5) is 4.39 Å². The molecule has 0 aliphatic carbocycles. The average Bonchev–Trinajstić information content (AvgIpc) is 1.41. The van der Waals surface area contributed by atoms with Gasteiger partial charge in [0.1, 0.15) is 0 Å². The summed E-state index contributed by atoms with van der Waals surface area (Å²) in [5, 5.41) is 1.22. The van der Waals surface area contributed by atoms with E-state index in [-0.39, 0.29) is 0 Å². The van der Waals surface area contributed by atoms with E-state index in [1.54, 1.807) is 0 Å². The summed E-state index contributed by atoms with van der Waals surface area (Å²) >= 11 is 0.949.